The van der Waals surface area contributed by atoms with Gasteiger partial charge in [-0.1, -0.05) is 84.9 Å². The van der Waals surface area contributed by atoms with Gasteiger partial charge in [0.25, 0.3) is 0 Å². The molecule has 0 unspecified atom stereocenters. The summed E-state index contributed by atoms with van der Waals surface area (Å²) in [7, 11) is 1.77. The van der Waals surface area contributed by atoms with Crippen molar-refractivity contribution in [3.05, 3.63) is 103 Å². The van der Waals surface area contributed by atoms with E-state index in [9.17, 15) is 0 Å². The minimum atomic E-state index is 0.920. The van der Waals surface area contributed by atoms with Gasteiger partial charge in [0, 0.05) is 11.1 Å². The first-order valence-corrected chi connectivity index (χ1v) is 9.91. The molecule has 0 N–H and O–H groups in total. The lowest BCUT2D eigenvalue weighted by molar-refractivity contribution is 0.418. The van der Waals surface area contributed by atoms with Gasteiger partial charge in [-0.3, -0.25) is 0 Å². The molecular weight excluding hydrogens is 352 g/mol. The van der Waals surface area contributed by atoms with E-state index in [1.807, 2.05) is 0 Å². The van der Waals surface area contributed by atoms with Gasteiger partial charge in [-0.05, 0) is 57.3 Å². The molecule has 0 spiro atoms. The third-order valence-electron chi connectivity index (χ3n) is 5.60. The Kier molecular flexibility index (Phi) is 4.29. The summed E-state index contributed by atoms with van der Waals surface area (Å²) in [6.45, 7) is 2.16. The predicted octanol–water partition coefficient (Wildman–Crippen LogP) is 7.64. The summed E-state index contributed by atoms with van der Waals surface area (Å²) in [5.74, 6) is 0.920. The van der Waals surface area contributed by atoms with Crippen molar-refractivity contribution >= 4 is 21.5 Å². The van der Waals surface area contributed by atoms with Gasteiger partial charge in [0.1, 0.15) is 5.75 Å². The summed E-state index contributed by atoms with van der Waals surface area (Å²) in [6.07, 6.45) is 0. The Bertz CT molecular complexity index is 1240. The zero-order valence-corrected chi connectivity index (χ0v) is 16.6. The molecule has 1 nitrogen and oxygen atoms in total. The number of benzene rings is 5. The van der Waals surface area contributed by atoms with E-state index in [4.69, 9.17) is 4.74 Å². The molecule has 0 atom stereocenters. The van der Waals surface area contributed by atoms with Crippen LogP contribution in [0, 0.1) is 6.92 Å². The van der Waals surface area contributed by atoms with Crippen LogP contribution >= 0.6 is 0 Å². The lowest BCUT2D eigenvalue weighted by Crippen LogP contribution is -1.95. The Morgan fingerprint density at radius 3 is 1.45 bits per heavy atom. The van der Waals surface area contributed by atoms with Gasteiger partial charge in [-0.2, -0.15) is 0 Å². The SMILES string of the molecule is COc1c(-c2cccc3ccccc23)cc(C)cc1-c1cccc2ccccc12. The van der Waals surface area contributed by atoms with Gasteiger partial charge in [0.15, 0.2) is 0 Å². The van der Waals surface area contributed by atoms with Crippen LogP contribution in [-0.4, -0.2) is 7.11 Å². The minimum absolute atomic E-state index is 0.920. The summed E-state index contributed by atoms with van der Waals surface area (Å²) in [5.41, 5.74) is 5.88. The Hall–Kier alpha value is -3.58. The molecule has 0 heterocycles. The van der Waals surface area contributed by atoms with Crippen LogP contribution in [0.2, 0.25) is 0 Å². The monoisotopic (exact) mass is 374 g/mol. The van der Waals surface area contributed by atoms with E-state index < -0.39 is 0 Å². The average molecular weight is 374 g/mol. The molecular formula is C28H22O. The molecule has 5 rings (SSSR count). The summed E-state index contributed by atoms with van der Waals surface area (Å²) in [6, 6.07) is 34.5. The molecule has 0 aliphatic carbocycles. The fourth-order valence-corrected chi connectivity index (χ4v) is 4.31. The largest absolute Gasteiger partial charge is 0.495 e. The standard InChI is InChI=1S/C28H22O/c1-19-17-26(24-15-7-11-20-9-3-5-13-22(20)24)28(29-2)27(18-19)25-16-8-12-21-10-4-6-14-23(21)25/h3-18H,1-2H3. The molecule has 0 aliphatic heterocycles. The molecule has 0 aromatic heterocycles. The summed E-state index contributed by atoms with van der Waals surface area (Å²) < 4.78 is 6.04. The molecule has 140 valence electrons. The average Bonchev–Trinajstić information content (AvgIpc) is 2.77. The number of fused-ring (bicyclic) bond motifs is 2. The van der Waals surface area contributed by atoms with E-state index in [1.165, 1.54) is 38.2 Å². The van der Waals surface area contributed by atoms with Crippen LogP contribution < -0.4 is 4.74 Å². The Morgan fingerprint density at radius 2 is 0.966 bits per heavy atom. The van der Waals surface area contributed by atoms with Crippen molar-refractivity contribution in [2.24, 2.45) is 0 Å². The summed E-state index contributed by atoms with van der Waals surface area (Å²) in [4.78, 5) is 0. The molecule has 0 saturated heterocycles. The lowest BCUT2D eigenvalue weighted by Gasteiger charge is -2.18. The number of hydrogen-bond donors (Lipinski definition) is 0. The normalized spacial score (nSPS) is 11.1. The third kappa shape index (κ3) is 2.96. The summed E-state index contributed by atoms with van der Waals surface area (Å²) >= 11 is 0. The molecule has 0 saturated carbocycles. The van der Waals surface area contributed by atoms with Gasteiger partial charge >= 0.3 is 0 Å². The maximum atomic E-state index is 6.04. The third-order valence-corrected chi connectivity index (χ3v) is 5.60. The number of hydrogen-bond acceptors (Lipinski definition) is 1. The van der Waals surface area contributed by atoms with Crippen molar-refractivity contribution in [2.75, 3.05) is 7.11 Å². The zero-order chi connectivity index (χ0) is 19.8. The van der Waals surface area contributed by atoms with Crippen LogP contribution in [-0.2, 0) is 0 Å². The molecule has 0 bridgehead atoms. The van der Waals surface area contributed by atoms with Crippen molar-refractivity contribution in [1.29, 1.82) is 0 Å². The van der Waals surface area contributed by atoms with E-state index in [-0.39, 0.29) is 0 Å². The second kappa shape index (κ2) is 7.10. The first kappa shape index (κ1) is 17.5. The molecule has 0 amide bonds. The molecule has 0 fully saturated rings. The number of rotatable bonds is 3. The van der Waals surface area contributed by atoms with Crippen molar-refractivity contribution in [2.45, 2.75) is 6.92 Å². The van der Waals surface area contributed by atoms with E-state index in [2.05, 4.69) is 104 Å². The van der Waals surface area contributed by atoms with Crippen LogP contribution in [0.25, 0.3) is 43.8 Å². The molecule has 0 aliphatic rings. The predicted molar refractivity (Wildman–Crippen MR) is 124 cm³/mol. The number of ether oxygens (including phenoxy) is 1. The van der Waals surface area contributed by atoms with Crippen LogP contribution in [0.1, 0.15) is 5.56 Å². The second-order valence-corrected chi connectivity index (χ2v) is 7.45. The highest BCUT2D eigenvalue weighted by molar-refractivity contribution is 6.03. The quantitative estimate of drug-likeness (QED) is 0.315. The number of methoxy groups -OCH3 is 1. The Labute approximate surface area is 171 Å². The fourth-order valence-electron chi connectivity index (χ4n) is 4.31. The lowest BCUT2D eigenvalue weighted by atomic mass is 9.90. The molecule has 0 radical (unpaired) electrons. The minimum Gasteiger partial charge on any atom is -0.495 e. The topological polar surface area (TPSA) is 9.23 Å². The molecule has 5 aromatic carbocycles. The smallest absolute Gasteiger partial charge is 0.134 e. The van der Waals surface area contributed by atoms with Crippen molar-refractivity contribution in [1.82, 2.24) is 0 Å². The highest BCUT2D eigenvalue weighted by Crippen LogP contribution is 2.43. The maximum Gasteiger partial charge on any atom is 0.134 e. The van der Waals surface area contributed by atoms with Crippen molar-refractivity contribution in [3.8, 4) is 28.0 Å². The van der Waals surface area contributed by atoms with Gasteiger partial charge in [-0.25, -0.2) is 0 Å². The van der Waals surface area contributed by atoms with Gasteiger partial charge in [-0.15, -0.1) is 0 Å². The van der Waals surface area contributed by atoms with Gasteiger partial charge < -0.3 is 4.74 Å². The summed E-state index contributed by atoms with van der Waals surface area (Å²) in [5, 5.41) is 4.95. The highest BCUT2D eigenvalue weighted by atomic mass is 16.5. The van der Waals surface area contributed by atoms with E-state index >= 15 is 0 Å². The maximum absolute atomic E-state index is 6.04. The highest BCUT2D eigenvalue weighted by Gasteiger charge is 2.17. The molecule has 29 heavy (non-hydrogen) atoms. The van der Waals surface area contributed by atoms with Crippen LogP contribution in [0.15, 0.2) is 97.1 Å². The van der Waals surface area contributed by atoms with Crippen LogP contribution in [0.5, 0.6) is 5.75 Å². The van der Waals surface area contributed by atoms with Gasteiger partial charge in [0.2, 0.25) is 0 Å². The molecule has 1 heteroatoms. The van der Waals surface area contributed by atoms with E-state index in [0.717, 1.165) is 16.9 Å². The first-order valence-electron chi connectivity index (χ1n) is 9.91. The Morgan fingerprint density at radius 1 is 0.517 bits per heavy atom. The van der Waals surface area contributed by atoms with Crippen molar-refractivity contribution < 1.29 is 4.74 Å². The van der Waals surface area contributed by atoms with Crippen molar-refractivity contribution in [3.63, 3.8) is 0 Å². The zero-order valence-electron chi connectivity index (χ0n) is 16.6. The van der Waals surface area contributed by atoms with E-state index in [0.29, 0.717) is 0 Å². The first-order chi connectivity index (χ1) is 14.3. The van der Waals surface area contributed by atoms with Crippen LogP contribution in [0.4, 0.5) is 0 Å². The van der Waals surface area contributed by atoms with Crippen LogP contribution in [0.3, 0.4) is 0 Å². The fraction of sp³-hybridized carbons (Fsp3) is 0.0714. The van der Waals surface area contributed by atoms with E-state index in [1.54, 1.807) is 7.11 Å². The van der Waals surface area contributed by atoms with Gasteiger partial charge in [0.05, 0.1) is 7.11 Å². The second-order valence-electron chi connectivity index (χ2n) is 7.45. The Balaban J connectivity index is 1.85. The molecule has 5 aromatic rings. The number of aryl methyl sites for hydroxylation is 1.